The van der Waals surface area contributed by atoms with E-state index >= 15 is 0 Å². The van der Waals surface area contributed by atoms with Crippen LogP contribution in [0.25, 0.3) is 0 Å². The predicted octanol–water partition coefficient (Wildman–Crippen LogP) is 4.28. The Hall–Kier alpha value is 0.110. The molecule has 0 spiro atoms. The van der Waals surface area contributed by atoms with Crippen LogP contribution in [0.1, 0.15) is 66.2 Å². The zero-order valence-corrected chi connectivity index (χ0v) is 12.5. The van der Waals surface area contributed by atoms with Crippen molar-refractivity contribution in [2.24, 2.45) is 0 Å². The summed E-state index contributed by atoms with van der Waals surface area (Å²) in [6, 6.07) is 0. The van der Waals surface area contributed by atoms with E-state index in [1.165, 1.54) is 19.3 Å². The second kappa shape index (κ2) is 8.25. The Morgan fingerprint density at radius 3 is 2.12 bits per heavy atom. The Balaban J connectivity index is 3.56. The summed E-state index contributed by atoms with van der Waals surface area (Å²) in [6.45, 7) is 7.64. The standard InChI is InChI=1S/C12H27O4P/c1-5-6-7-8-9-10-11-15-17(13,14)16-12(2,3)4/h5-11H2,1-4H3,(H,13,14). The first-order valence-corrected chi connectivity index (χ1v) is 7.94. The van der Waals surface area contributed by atoms with Gasteiger partial charge in [-0.2, -0.15) is 0 Å². The van der Waals surface area contributed by atoms with E-state index in [4.69, 9.17) is 9.05 Å². The first-order chi connectivity index (χ1) is 7.77. The second-order valence-electron chi connectivity index (χ2n) is 5.27. The molecule has 17 heavy (non-hydrogen) atoms. The molecule has 5 heteroatoms. The molecule has 0 aliphatic rings. The van der Waals surface area contributed by atoms with E-state index in [1.807, 2.05) is 0 Å². The summed E-state index contributed by atoms with van der Waals surface area (Å²) in [5, 5.41) is 0. The molecule has 0 aromatic rings. The summed E-state index contributed by atoms with van der Waals surface area (Å²) in [5.41, 5.74) is -0.661. The molecule has 0 saturated heterocycles. The molecule has 0 aromatic heterocycles. The van der Waals surface area contributed by atoms with Crippen molar-refractivity contribution in [2.45, 2.75) is 71.8 Å². The highest BCUT2D eigenvalue weighted by molar-refractivity contribution is 7.47. The summed E-state index contributed by atoms with van der Waals surface area (Å²) >= 11 is 0. The summed E-state index contributed by atoms with van der Waals surface area (Å²) in [4.78, 5) is 9.40. The monoisotopic (exact) mass is 266 g/mol. The fourth-order valence-corrected chi connectivity index (χ4v) is 2.54. The molecular weight excluding hydrogens is 239 g/mol. The molecule has 0 radical (unpaired) electrons. The maximum Gasteiger partial charge on any atom is 0.472 e. The number of phosphoric ester groups is 1. The molecule has 0 amide bonds. The lowest BCUT2D eigenvalue weighted by atomic mass is 10.1. The van der Waals surface area contributed by atoms with Gasteiger partial charge in [0, 0.05) is 0 Å². The van der Waals surface area contributed by atoms with E-state index in [0.29, 0.717) is 0 Å². The van der Waals surface area contributed by atoms with Crippen molar-refractivity contribution in [2.75, 3.05) is 6.61 Å². The van der Waals surface area contributed by atoms with E-state index in [9.17, 15) is 9.46 Å². The predicted molar refractivity (Wildman–Crippen MR) is 70.0 cm³/mol. The number of rotatable bonds is 9. The highest BCUT2D eigenvalue weighted by atomic mass is 31.2. The number of phosphoric acid groups is 1. The van der Waals surface area contributed by atoms with Gasteiger partial charge >= 0.3 is 7.82 Å². The minimum absolute atomic E-state index is 0.288. The minimum Gasteiger partial charge on any atom is -0.302 e. The van der Waals surface area contributed by atoms with Crippen molar-refractivity contribution in [1.82, 2.24) is 0 Å². The lowest BCUT2D eigenvalue weighted by molar-refractivity contribution is 0.0611. The highest BCUT2D eigenvalue weighted by Crippen LogP contribution is 2.47. The third kappa shape index (κ3) is 12.4. The highest BCUT2D eigenvalue weighted by Gasteiger charge is 2.28. The fourth-order valence-electron chi connectivity index (χ4n) is 1.43. The van der Waals surface area contributed by atoms with E-state index in [-0.39, 0.29) is 6.61 Å². The van der Waals surface area contributed by atoms with Crippen LogP contribution in [0.3, 0.4) is 0 Å². The molecule has 0 aliphatic carbocycles. The average Bonchev–Trinajstić information content (AvgIpc) is 2.12. The van der Waals surface area contributed by atoms with E-state index in [0.717, 1.165) is 19.3 Å². The molecule has 104 valence electrons. The van der Waals surface area contributed by atoms with Gasteiger partial charge in [0.1, 0.15) is 0 Å². The minimum atomic E-state index is -3.88. The Kier molecular flexibility index (Phi) is 8.31. The molecule has 0 saturated carbocycles. The van der Waals surface area contributed by atoms with Gasteiger partial charge in [-0.1, -0.05) is 39.0 Å². The van der Waals surface area contributed by atoms with Crippen LogP contribution >= 0.6 is 7.82 Å². The summed E-state index contributed by atoms with van der Waals surface area (Å²) in [6.07, 6.45) is 6.71. The van der Waals surface area contributed by atoms with Crippen molar-refractivity contribution in [3.8, 4) is 0 Å². The van der Waals surface area contributed by atoms with Crippen LogP contribution in [0.5, 0.6) is 0 Å². The van der Waals surface area contributed by atoms with E-state index < -0.39 is 13.4 Å². The van der Waals surface area contributed by atoms with Gasteiger partial charge in [0.25, 0.3) is 0 Å². The maximum absolute atomic E-state index is 11.5. The lowest BCUT2D eigenvalue weighted by Gasteiger charge is -2.22. The molecule has 0 aromatic carbocycles. The SMILES string of the molecule is CCCCCCCCOP(=O)(O)OC(C)(C)C. The molecule has 0 bridgehead atoms. The van der Waals surface area contributed by atoms with Crippen LogP contribution in [-0.4, -0.2) is 17.1 Å². The number of hydrogen-bond donors (Lipinski definition) is 1. The van der Waals surface area contributed by atoms with Gasteiger partial charge in [0.05, 0.1) is 12.2 Å². The molecule has 4 nitrogen and oxygen atoms in total. The Bertz CT molecular complexity index is 235. The first kappa shape index (κ1) is 17.1. The first-order valence-electron chi connectivity index (χ1n) is 6.45. The summed E-state index contributed by atoms with van der Waals surface area (Å²) < 4.78 is 21.3. The van der Waals surface area contributed by atoms with Crippen molar-refractivity contribution < 1.29 is 18.5 Å². The van der Waals surface area contributed by atoms with Gasteiger partial charge < -0.3 is 4.89 Å². The van der Waals surface area contributed by atoms with Crippen molar-refractivity contribution in [3.05, 3.63) is 0 Å². The Morgan fingerprint density at radius 1 is 1.06 bits per heavy atom. The smallest absolute Gasteiger partial charge is 0.302 e. The topological polar surface area (TPSA) is 55.8 Å². The van der Waals surface area contributed by atoms with Crippen LogP contribution < -0.4 is 0 Å². The average molecular weight is 266 g/mol. The third-order valence-electron chi connectivity index (χ3n) is 2.14. The molecular formula is C12H27O4P. The maximum atomic E-state index is 11.5. The summed E-state index contributed by atoms with van der Waals surface area (Å²) in [5.74, 6) is 0. The van der Waals surface area contributed by atoms with Crippen LogP contribution in [-0.2, 0) is 13.6 Å². The number of hydrogen-bond acceptors (Lipinski definition) is 3. The quantitative estimate of drug-likeness (QED) is 0.500. The second-order valence-corrected chi connectivity index (χ2v) is 6.65. The van der Waals surface area contributed by atoms with Crippen molar-refractivity contribution >= 4 is 7.82 Å². The van der Waals surface area contributed by atoms with Crippen LogP contribution in [0.2, 0.25) is 0 Å². The largest absolute Gasteiger partial charge is 0.472 e. The van der Waals surface area contributed by atoms with Gasteiger partial charge in [-0.15, -0.1) is 0 Å². The Morgan fingerprint density at radius 2 is 1.59 bits per heavy atom. The number of unbranched alkanes of at least 4 members (excludes halogenated alkanes) is 5. The van der Waals surface area contributed by atoms with Crippen LogP contribution in [0.15, 0.2) is 0 Å². The van der Waals surface area contributed by atoms with Crippen LogP contribution in [0, 0.1) is 0 Å². The van der Waals surface area contributed by atoms with Gasteiger partial charge in [-0.05, 0) is 27.2 Å². The van der Waals surface area contributed by atoms with Gasteiger partial charge in [-0.25, -0.2) is 4.57 Å². The summed E-state index contributed by atoms with van der Waals surface area (Å²) in [7, 11) is -3.88. The van der Waals surface area contributed by atoms with Gasteiger partial charge in [0.2, 0.25) is 0 Å². The molecule has 0 rings (SSSR count). The molecule has 0 aliphatic heterocycles. The third-order valence-corrected chi connectivity index (χ3v) is 3.43. The molecule has 0 fully saturated rings. The lowest BCUT2D eigenvalue weighted by Crippen LogP contribution is -2.18. The van der Waals surface area contributed by atoms with Crippen molar-refractivity contribution in [1.29, 1.82) is 0 Å². The fraction of sp³-hybridized carbons (Fsp3) is 1.00. The van der Waals surface area contributed by atoms with E-state index in [1.54, 1.807) is 20.8 Å². The molecule has 1 N–H and O–H groups in total. The van der Waals surface area contributed by atoms with Gasteiger partial charge in [0.15, 0.2) is 0 Å². The molecule has 0 heterocycles. The molecule has 1 unspecified atom stereocenters. The van der Waals surface area contributed by atoms with E-state index in [2.05, 4.69) is 6.92 Å². The van der Waals surface area contributed by atoms with Gasteiger partial charge in [-0.3, -0.25) is 9.05 Å². The Labute approximate surface area is 105 Å². The zero-order chi connectivity index (χ0) is 13.4. The zero-order valence-electron chi connectivity index (χ0n) is 11.6. The van der Waals surface area contributed by atoms with Crippen molar-refractivity contribution in [3.63, 3.8) is 0 Å². The normalized spacial score (nSPS) is 15.8. The van der Waals surface area contributed by atoms with Crippen LogP contribution in [0.4, 0.5) is 0 Å². The molecule has 1 atom stereocenters.